The molecule has 2 rings (SSSR count). The molecular formula is C13H13ClFN3O2. The number of rotatable bonds is 5. The van der Waals surface area contributed by atoms with Gasteiger partial charge in [0.1, 0.15) is 18.2 Å². The molecule has 2 N–H and O–H groups in total. The molecule has 106 valence electrons. The lowest BCUT2D eigenvalue weighted by Gasteiger charge is -2.08. The molecule has 0 atom stereocenters. The molecule has 0 aliphatic rings. The Morgan fingerprint density at radius 2 is 2.20 bits per heavy atom. The van der Waals surface area contributed by atoms with Crippen molar-refractivity contribution in [3.05, 3.63) is 57.2 Å². The van der Waals surface area contributed by atoms with Crippen LogP contribution in [0, 0.1) is 5.82 Å². The fourth-order valence-electron chi connectivity index (χ4n) is 1.62. The molecule has 20 heavy (non-hydrogen) atoms. The molecule has 0 spiro atoms. The van der Waals surface area contributed by atoms with Crippen molar-refractivity contribution in [2.45, 2.75) is 6.54 Å². The highest BCUT2D eigenvalue weighted by atomic mass is 35.5. The van der Waals surface area contributed by atoms with Crippen LogP contribution >= 0.6 is 11.6 Å². The second kappa shape index (κ2) is 6.49. The molecule has 0 radical (unpaired) electrons. The van der Waals surface area contributed by atoms with E-state index in [2.05, 4.69) is 5.10 Å². The number of hydrogen-bond acceptors (Lipinski definition) is 4. The van der Waals surface area contributed by atoms with Crippen molar-refractivity contribution in [3.63, 3.8) is 0 Å². The molecule has 2 aromatic rings. The molecule has 0 aliphatic heterocycles. The lowest BCUT2D eigenvalue weighted by Crippen LogP contribution is -2.23. The molecule has 0 unspecified atom stereocenters. The zero-order valence-corrected chi connectivity index (χ0v) is 11.3. The normalized spacial score (nSPS) is 10.6. The summed E-state index contributed by atoms with van der Waals surface area (Å²) < 4.78 is 19.5. The van der Waals surface area contributed by atoms with Crippen molar-refractivity contribution in [3.8, 4) is 5.75 Å². The van der Waals surface area contributed by atoms with E-state index >= 15 is 0 Å². The Morgan fingerprint density at radius 1 is 1.40 bits per heavy atom. The summed E-state index contributed by atoms with van der Waals surface area (Å²) in [6, 6.07) is 5.27. The zero-order chi connectivity index (χ0) is 14.5. The van der Waals surface area contributed by atoms with Crippen LogP contribution < -0.4 is 16.0 Å². The first-order valence-corrected chi connectivity index (χ1v) is 6.32. The van der Waals surface area contributed by atoms with Crippen molar-refractivity contribution in [2.24, 2.45) is 5.73 Å². The fraction of sp³-hybridized carbons (Fsp3) is 0.231. The quantitative estimate of drug-likeness (QED) is 0.906. The van der Waals surface area contributed by atoms with E-state index in [1.807, 2.05) is 0 Å². The fourth-order valence-corrected chi connectivity index (χ4v) is 1.79. The predicted octanol–water partition coefficient (Wildman–Crippen LogP) is 1.42. The highest BCUT2D eigenvalue weighted by molar-refractivity contribution is 6.31. The van der Waals surface area contributed by atoms with Gasteiger partial charge in [0.05, 0.1) is 12.7 Å². The van der Waals surface area contributed by atoms with E-state index in [9.17, 15) is 9.18 Å². The molecule has 0 amide bonds. The SMILES string of the molecule is NCCOc1cnn(Cc2cc(F)ccc2Cl)c(=O)c1. The Kier molecular flexibility index (Phi) is 4.70. The van der Waals surface area contributed by atoms with Crippen LogP contribution in [-0.4, -0.2) is 22.9 Å². The lowest BCUT2D eigenvalue weighted by atomic mass is 10.2. The molecule has 1 aromatic heterocycles. The van der Waals surface area contributed by atoms with Gasteiger partial charge in [0.25, 0.3) is 5.56 Å². The molecule has 0 saturated carbocycles. The van der Waals surface area contributed by atoms with Gasteiger partial charge in [-0.2, -0.15) is 5.10 Å². The largest absolute Gasteiger partial charge is 0.490 e. The first-order valence-electron chi connectivity index (χ1n) is 5.94. The third-order valence-electron chi connectivity index (χ3n) is 2.56. The minimum Gasteiger partial charge on any atom is -0.490 e. The molecule has 7 heteroatoms. The summed E-state index contributed by atoms with van der Waals surface area (Å²) in [5.41, 5.74) is 5.42. The second-order valence-electron chi connectivity index (χ2n) is 4.06. The second-order valence-corrected chi connectivity index (χ2v) is 4.47. The van der Waals surface area contributed by atoms with Crippen LogP contribution in [-0.2, 0) is 6.54 Å². The summed E-state index contributed by atoms with van der Waals surface area (Å²) in [5, 5.41) is 4.33. The standard InChI is InChI=1S/C13H13ClFN3O2/c14-12-2-1-10(15)5-9(12)8-18-13(19)6-11(7-17-18)20-4-3-16/h1-2,5-7H,3-4,8,16H2. The third kappa shape index (κ3) is 3.55. The molecule has 1 aromatic carbocycles. The zero-order valence-electron chi connectivity index (χ0n) is 10.6. The number of ether oxygens (including phenoxy) is 1. The van der Waals surface area contributed by atoms with E-state index in [1.165, 1.54) is 35.1 Å². The highest BCUT2D eigenvalue weighted by Gasteiger charge is 2.06. The van der Waals surface area contributed by atoms with Crippen LogP contribution in [0.1, 0.15) is 5.56 Å². The Bertz CT molecular complexity index is 660. The summed E-state index contributed by atoms with van der Waals surface area (Å²) in [4.78, 5) is 11.9. The maximum atomic E-state index is 13.2. The number of benzene rings is 1. The van der Waals surface area contributed by atoms with Gasteiger partial charge < -0.3 is 10.5 Å². The Hall–Kier alpha value is -1.92. The first kappa shape index (κ1) is 14.5. The maximum Gasteiger partial charge on any atom is 0.270 e. The minimum absolute atomic E-state index is 0.0899. The summed E-state index contributed by atoms with van der Waals surface area (Å²) in [7, 11) is 0. The summed E-state index contributed by atoms with van der Waals surface area (Å²) in [5.74, 6) is -0.0672. The first-order chi connectivity index (χ1) is 9.60. The van der Waals surface area contributed by atoms with E-state index in [0.717, 1.165) is 0 Å². The van der Waals surface area contributed by atoms with Crippen molar-refractivity contribution in [2.75, 3.05) is 13.2 Å². The van der Waals surface area contributed by atoms with E-state index in [-0.39, 0.29) is 12.1 Å². The average Bonchev–Trinajstić information content (AvgIpc) is 2.43. The monoisotopic (exact) mass is 297 g/mol. The Balaban J connectivity index is 2.21. The maximum absolute atomic E-state index is 13.2. The van der Waals surface area contributed by atoms with Crippen LogP contribution in [0.15, 0.2) is 35.3 Å². The van der Waals surface area contributed by atoms with Crippen molar-refractivity contribution in [1.82, 2.24) is 9.78 Å². The van der Waals surface area contributed by atoms with Crippen molar-refractivity contribution in [1.29, 1.82) is 0 Å². The predicted molar refractivity (Wildman–Crippen MR) is 73.6 cm³/mol. The molecule has 0 aliphatic carbocycles. The van der Waals surface area contributed by atoms with Crippen LogP contribution in [0.4, 0.5) is 4.39 Å². The Labute approximate surface area is 119 Å². The van der Waals surface area contributed by atoms with Crippen molar-refractivity contribution >= 4 is 11.6 Å². The number of hydrogen-bond donors (Lipinski definition) is 1. The third-order valence-corrected chi connectivity index (χ3v) is 2.93. The Morgan fingerprint density at radius 3 is 2.90 bits per heavy atom. The van der Waals surface area contributed by atoms with Crippen LogP contribution in [0.3, 0.4) is 0 Å². The van der Waals surface area contributed by atoms with Gasteiger partial charge in [0.2, 0.25) is 0 Å². The number of halogens is 2. The van der Waals surface area contributed by atoms with Crippen LogP contribution in [0.5, 0.6) is 5.75 Å². The van der Waals surface area contributed by atoms with Gasteiger partial charge in [-0.1, -0.05) is 11.6 Å². The highest BCUT2D eigenvalue weighted by Crippen LogP contribution is 2.17. The van der Waals surface area contributed by atoms with Gasteiger partial charge in [-0.3, -0.25) is 4.79 Å². The molecule has 0 saturated heterocycles. The smallest absolute Gasteiger partial charge is 0.270 e. The van der Waals surface area contributed by atoms with Gasteiger partial charge in [-0.05, 0) is 23.8 Å². The van der Waals surface area contributed by atoms with Crippen LogP contribution in [0.25, 0.3) is 0 Å². The van der Waals surface area contributed by atoms with Gasteiger partial charge in [-0.15, -0.1) is 0 Å². The van der Waals surface area contributed by atoms with Crippen LogP contribution in [0.2, 0.25) is 5.02 Å². The molecule has 0 bridgehead atoms. The summed E-state index contributed by atoms with van der Waals surface area (Å²) >= 11 is 5.95. The number of nitrogens with two attached hydrogens (primary N) is 1. The van der Waals surface area contributed by atoms with E-state index in [4.69, 9.17) is 22.1 Å². The molecule has 0 fully saturated rings. The average molecular weight is 298 g/mol. The van der Waals surface area contributed by atoms with Gasteiger partial charge in [-0.25, -0.2) is 9.07 Å². The van der Waals surface area contributed by atoms with Crippen molar-refractivity contribution < 1.29 is 9.13 Å². The van der Waals surface area contributed by atoms with Gasteiger partial charge in [0.15, 0.2) is 0 Å². The van der Waals surface area contributed by atoms with Gasteiger partial charge in [0, 0.05) is 17.6 Å². The molecule has 1 heterocycles. The molecule has 5 nitrogen and oxygen atoms in total. The number of aromatic nitrogens is 2. The molecular weight excluding hydrogens is 285 g/mol. The summed E-state index contributed by atoms with van der Waals surface area (Å²) in [6.45, 7) is 0.745. The van der Waals surface area contributed by atoms with E-state index in [1.54, 1.807) is 0 Å². The van der Waals surface area contributed by atoms with E-state index in [0.29, 0.717) is 29.5 Å². The minimum atomic E-state index is -0.416. The topological polar surface area (TPSA) is 70.1 Å². The van der Waals surface area contributed by atoms with Gasteiger partial charge >= 0.3 is 0 Å². The summed E-state index contributed by atoms with van der Waals surface area (Å²) in [6.07, 6.45) is 1.41. The number of nitrogens with zero attached hydrogens (tertiary/aromatic N) is 2. The lowest BCUT2D eigenvalue weighted by molar-refractivity contribution is 0.324. The van der Waals surface area contributed by atoms with E-state index < -0.39 is 5.82 Å².